The molecule has 1 aromatic carbocycles. The van der Waals surface area contributed by atoms with Crippen LogP contribution < -0.4 is 5.32 Å². The molecule has 3 nitrogen and oxygen atoms in total. The van der Waals surface area contributed by atoms with E-state index in [0.717, 1.165) is 38.7 Å². The molecule has 2 saturated heterocycles. The highest BCUT2D eigenvalue weighted by atomic mass is 16.5. The highest BCUT2D eigenvalue weighted by Crippen LogP contribution is 2.34. The monoisotopic (exact) mass is 303 g/mol. The van der Waals surface area contributed by atoms with Gasteiger partial charge in [0.05, 0.1) is 6.10 Å². The molecule has 0 spiro atoms. The fraction of sp³-hybridized carbons (Fsp3) is 0.684. The average Bonchev–Trinajstić information content (AvgIpc) is 3.03. The van der Waals surface area contributed by atoms with E-state index in [-0.39, 0.29) is 6.10 Å². The molecule has 0 aromatic heterocycles. The van der Waals surface area contributed by atoms with Gasteiger partial charge in [0.2, 0.25) is 0 Å². The van der Waals surface area contributed by atoms with E-state index in [1.165, 1.54) is 24.8 Å². The molecule has 1 aromatic rings. The molecule has 2 aliphatic heterocycles. The molecule has 0 unspecified atom stereocenters. The molecule has 3 heteroatoms. The molecule has 0 bridgehead atoms. The zero-order valence-corrected chi connectivity index (χ0v) is 13.7. The van der Waals surface area contributed by atoms with Crippen molar-refractivity contribution in [1.82, 2.24) is 5.32 Å². The van der Waals surface area contributed by atoms with Crippen molar-refractivity contribution in [3.05, 3.63) is 35.9 Å². The lowest BCUT2D eigenvalue weighted by Gasteiger charge is -2.27. The van der Waals surface area contributed by atoms with Crippen LogP contribution in [0.2, 0.25) is 0 Å². The van der Waals surface area contributed by atoms with Gasteiger partial charge in [0.15, 0.2) is 0 Å². The van der Waals surface area contributed by atoms with Crippen LogP contribution in [0.25, 0.3) is 0 Å². The van der Waals surface area contributed by atoms with Crippen molar-refractivity contribution in [3.63, 3.8) is 0 Å². The van der Waals surface area contributed by atoms with Crippen molar-refractivity contribution in [2.45, 2.75) is 44.8 Å². The molecule has 2 fully saturated rings. The minimum atomic E-state index is 0.268. The molecule has 3 rings (SSSR count). The number of nitrogens with one attached hydrogen (secondary N) is 1. The smallest absolute Gasteiger partial charge is 0.0866 e. The van der Waals surface area contributed by atoms with Crippen LogP contribution >= 0.6 is 0 Å². The SMILES string of the molecule is C[C@H](CC1CCOCC1)NC[C@H]1CCO[C@@H]1c1ccccc1. The molecule has 0 aliphatic carbocycles. The first-order valence-electron chi connectivity index (χ1n) is 8.80. The molecule has 0 amide bonds. The molecule has 122 valence electrons. The molecule has 22 heavy (non-hydrogen) atoms. The summed E-state index contributed by atoms with van der Waals surface area (Å²) in [5.41, 5.74) is 1.32. The molecule has 0 saturated carbocycles. The molecule has 0 radical (unpaired) electrons. The summed E-state index contributed by atoms with van der Waals surface area (Å²) in [6.45, 7) is 6.17. The van der Waals surface area contributed by atoms with Crippen molar-refractivity contribution < 1.29 is 9.47 Å². The van der Waals surface area contributed by atoms with Crippen LogP contribution in [0, 0.1) is 11.8 Å². The Morgan fingerprint density at radius 3 is 2.64 bits per heavy atom. The molecule has 3 atom stereocenters. The second-order valence-corrected chi connectivity index (χ2v) is 6.85. The summed E-state index contributed by atoms with van der Waals surface area (Å²) in [4.78, 5) is 0. The summed E-state index contributed by atoms with van der Waals surface area (Å²) in [5, 5.41) is 3.75. The number of benzene rings is 1. The summed E-state index contributed by atoms with van der Waals surface area (Å²) in [6.07, 6.45) is 5.16. The van der Waals surface area contributed by atoms with E-state index in [4.69, 9.17) is 9.47 Å². The third-order valence-electron chi connectivity index (χ3n) is 5.10. The van der Waals surface area contributed by atoms with Crippen LogP contribution in [0.1, 0.15) is 44.3 Å². The van der Waals surface area contributed by atoms with E-state index in [1.807, 2.05) is 0 Å². The minimum absolute atomic E-state index is 0.268. The molecule has 2 aliphatic rings. The van der Waals surface area contributed by atoms with Crippen molar-refractivity contribution in [2.75, 3.05) is 26.4 Å². The third kappa shape index (κ3) is 4.31. The highest BCUT2D eigenvalue weighted by molar-refractivity contribution is 5.19. The van der Waals surface area contributed by atoms with Crippen LogP contribution in [0.5, 0.6) is 0 Å². The van der Waals surface area contributed by atoms with Crippen molar-refractivity contribution in [2.24, 2.45) is 11.8 Å². The van der Waals surface area contributed by atoms with Crippen LogP contribution in [0.15, 0.2) is 30.3 Å². The summed E-state index contributed by atoms with van der Waals surface area (Å²) < 4.78 is 11.4. The van der Waals surface area contributed by atoms with E-state index in [0.29, 0.717) is 12.0 Å². The Hall–Kier alpha value is -0.900. The standard InChI is InChI=1S/C19H29NO2/c1-15(13-16-7-10-21-11-8-16)20-14-18-9-12-22-19(18)17-5-3-2-4-6-17/h2-6,15-16,18-20H,7-14H2,1H3/t15-,18-,19-/m1/s1. The normalized spacial score (nSPS) is 27.9. The van der Waals surface area contributed by atoms with E-state index < -0.39 is 0 Å². The quantitative estimate of drug-likeness (QED) is 0.871. The fourth-order valence-corrected chi connectivity index (χ4v) is 3.77. The van der Waals surface area contributed by atoms with Crippen molar-refractivity contribution >= 4 is 0 Å². The average molecular weight is 303 g/mol. The second kappa shape index (κ2) is 8.09. The van der Waals surface area contributed by atoms with Crippen LogP contribution in [-0.4, -0.2) is 32.4 Å². The van der Waals surface area contributed by atoms with Crippen LogP contribution in [0.4, 0.5) is 0 Å². The van der Waals surface area contributed by atoms with Gasteiger partial charge >= 0.3 is 0 Å². The summed E-state index contributed by atoms with van der Waals surface area (Å²) in [7, 11) is 0. The van der Waals surface area contributed by atoms with Gasteiger partial charge < -0.3 is 14.8 Å². The summed E-state index contributed by atoms with van der Waals surface area (Å²) in [5.74, 6) is 1.43. The Labute approximate surface area is 134 Å². The molecule has 2 heterocycles. The molecular formula is C19H29NO2. The van der Waals surface area contributed by atoms with E-state index in [9.17, 15) is 0 Å². The Balaban J connectivity index is 1.45. The third-order valence-corrected chi connectivity index (χ3v) is 5.10. The number of hydrogen-bond acceptors (Lipinski definition) is 3. The first-order valence-corrected chi connectivity index (χ1v) is 8.80. The predicted molar refractivity (Wildman–Crippen MR) is 88.9 cm³/mol. The van der Waals surface area contributed by atoms with Gasteiger partial charge in [-0.3, -0.25) is 0 Å². The maximum absolute atomic E-state index is 5.98. The predicted octanol–water partition coefficient (Wildman–Crippen LogP) is 3.56. The van der Waals surface area contributed by atoms with Gasteiger partial charge in [0.1, 0.15) is 0 Å². The summed E-state index contributed by atoms with van der Waals surface area (Å²) >= 11 is 0. The van der Waals surface area contributed by atoms with Crippen LogP contribution in [0.3, 0.4) is 0 Å². The Kier molecular flexibility index (Phi) is 5.88. The number of rotatable bonds is 6. The zero-order chi connectivity index (χ0) is 15.2. The van der Waals surface area contributed by atoms with E-state index >= 15 is 0 Å². The Morgan fingerprint density at radius 1 is 1.09 bits per heavy atom. The highest BCUT2D eigenvalue weighted by Gasteiger charge is 2.29. The van der Waals surface area contributed by atoms with Crippen molar-refractivity contribution in [3.8, 4) is 0 Å². The molecule has 1 N–H and O–H groups in total. The second-order valence-electron chi connectivity index (χ2n) is 6.85. The first-order chi connectivity index (χ1) is 10.8. The zero-order valence-electron chi connectivity index (χ0n) is 13.7. The lowest BCUT2D eigenvalue weighted by Crippen LogP contribution is -2.34. The topological polar surface area (TPSA) is 30.5 Å². The van der Waals surface area contributed by atoms with Gasteiger partial charge in [-0.15, -0.1) is 0 Å². The van der Waals surface area contributed by atoms with Gasteiger partial charge in [-0.05, 0) is 44.1 Å². The van der Waals surface area contributed by atoms with Gasteiger partial charge in [0, 0.05) is 38.3 Å². The van der Waals surface area contributed by atoms with Gasteiger partial charge in [-0.2, -0.15) is 0 Å². The van der Waals surface area contributed by atoms with Crippen molar-refractivity contribution in [1.29, 1.82) is 0 Å². The number of hydrogen-bond donors (Lipinski definition) is 1. The Morgan fingerprint density at radius 2 is 1.86 bits per heavy atom. The summed E-state index contributed by atoms with van der Waals surface area (Å²) in [6, 6.07) is 11.2. The van der Waals surface area contributed by atoms with Crippen LogP contribution in [-0.2, 0) is 9.47 Å². The minimum Gasteiger partial charge on any atom is -0.381 e. The number of ether oxygens (including phenoxy) is 2. The van der Waals surface area contributed by atoms with Gasteiger partial charge in [-0.25, -0.2) is 0 Å². The van der Waals surface area contributed by atoms with Gasteiger partial charge in [0.25, 0.3) is 0 Å². The maximum Gasteiger partial charge on any atom is 0.0866 e. The van der Waals surface area contributed by atoms with E-state index in [1.54, 1.807) is 0 Å². The lowest BCUT2D eigenvalue weighted by atomic mass is 9.92. The largest absolute Gasteiger partial charge is 0.381 e. The Bertz CT molecular complexity index is 430. The van der Waals surface area contributed by atoms with Gasteiger partial charge in [-0.1, -0.05) is 30.3 Å². The lowest BCUT2D eigenvalue weighted by molar-refractivity contribution is 0.0604. The fourth-order valence-electron chi connectivity index (χ4n) is 3.77. The van der Waals surface area contributed by atoms with E-state index in [2.05, 4.69) is 42.6 Å². The maximum atomic E-state index is 5.98. The molecular weight excluding hydrogens is 274 g/mol. The first kappa shape index (κ1) is 16.0.